The number of benzene rings is 2. The Balaban J connectivity index is 1.95. The molecule has 2 aromatic carbocycles. The second-order valence-corrected chi connectivity index (χ2v) is 8.79. The van der Waals surface area contributed by atoms with Gasteiger partial charge < -0.3 is 10.2 Å². The number of hydrogen-bond acceptors (Lipinski definition) is 4. The van der Waals surface area contributed by atoms with E-state index in [1.807, 2.05) is 38.1 Å². The van der Waals surface area contributed by atoms with Crippen LogP contribution in [0.1, 0.15) is 45.0 Å². The maximum Gasteiger partial charge on any atom is 0.221 e. The summed E-state index contributed by atoms with van der Waals surface area (Å²) in [7, 11) is 0. The Morgan fingerprint density at radius 2 is 1.84 bits per heavy atom. The van der Waals surface area contributed by atoms with Gasteiger partial charge in [-0.1, -0.05) is 67.4 Å². The first-order chi connectivity index (χ1) is 15.4. The smallest absolute Gasteiger partial charge is 0.221 e. The molecule has 0 spiro atoms. The Morgan fingerprint density at radius 1 is 1.09 bits per heavy atom. The zero-order valence-electron chi connectivity index (χ0n) is 18.9. The van der Waals surface area contributed by atoms with E-state index in [2.05, 4.69) is 34.3 Å². The van der Waals surface area contributed by atoms with Crippen LogP contribution in [-0.2, 0) is 17.6 Å². The summed E-state index contributed by atoms with van der Waals surface area (Å²) >= 11 is 12.8. The number of nitrogens with one attached hydrogen (secondary N) is 1. The Labute approximate surface area is 200 Å². The fourth-order valence-electron chi connectivity index (χ4n) is 3.50. The summed E-state index contributed by atoms with van der Waals surface area (Å²) in [4.78, 5) is 24.1. The zero-order valence-corrected chi connectivity index (χ0v) is 20.4. The van der Waals surface area contributed by atoms with Gasteiger partial charge in [0.2, 0.25) is 5.91 Å². The van der Waals surface area contributed by atoms with Crippen molar-refractivity contribution in [2.24, 2.45) is 0 Å². The number of carbonyl (C=O) groups excluding carboxylic acids is 1. The summed E-state index contributed by atoms with van der Waals surface area (Å²) < 4.78 is 0. The van der Waals surface area contributed by atoms with Gasteiger partial charge in [0, 0.05) is 42.4 Å². The van der Waals surface area contributed by atoms with Crippen LogP contribution in [0.15, 0.2) is 42.5 Å². The van der Waals surface area contributed by atoms with Gasteiger partial charge in [-0.25, -0.2) is 9.97 Å². The van der Waals surface area contributed by atoms with Crippen molar-refractivity contribution in [2.75, 3.05) is 18.0 Å². The van der Waals surface area contributed by atoms with Gasteiger partial charge in [-0.05, 0) is 37.5 Å². The van der Waals surface area contributed by atoms with Crippen LogP contribution >= 0.6 is 23.2 Å². The number of halogens is 2. The van der Waals surface area contributed by atoms with Gasteiger partial charge >= 0.3 is 0 Å². The van der Waals surface area contributed by atoms with Crippen molar-refractivity contribution in [1.29, 1.82) is 0 Å². The molecule has 0 aliphatic carbocycles. The van der Waals surface area contributed by atoms with E-state index in [9.17, 15) is 4.79 Å². The minimum absolute atomic E-state index is 0.0363. The average molecular weight is 473 g/mol. The van der Waals surface area contributed by atoms with Gasteiger partial charge in [-0.3, -0.25) is 4.79 Å². The number of rotatable bonds is 10. The molecule has 32 heavy (non-hydrogen) atoms. The van der Waals surface area contributed by atoms with Crippen molar-refractivity contribution in [3.8, 4) is 0 Å². The molecular weight excluding hydrogens is 443 g/mol. The minimum atomic E-state index is 0.0363. The summed E-state index contributed by atoms with van der Waals surface area (Å²) in [6, 6.07) is 14.0. The van der Waals surface area contributed by atoms with Crippen LogP contribution in [-0.4, -0.2) is 35.0 Å². The first kappa shape index (κ1) is 24.3. The van der Waals surface area contributed by atoms with Crippen molar-refractivity contribution in [3.05, 3.63) is 63.9 Å². The van der Waals surface area contributed by atoms with Gasteiger partial charge in [-0.2, -0.15) is 0 Å². The summed E-state index contributed by atoms with van der Waals surface area (Å²) in [5.41, 5.74) is 1.92. The van der Waals surface area contributed by atoms with Gasteiger partial charge in [0.05, 0.1) is 10.5 Å². The predicted octanol–water partition coefficient (Wildman–Crippen LogP) is 5.85. The third-order valence-electron chi connectivity index (χ3n) is 5.50. The Kier molecular flexibility index (Phi) is 8.71. The second kappa shape index (κ2) is 11.5. The topological polar surface area (TPSA) is 58.1 Å². The van der Waals surface area contributed by atoms with Crippen LogP contribution in [0.2, 0.25) is 10.0 Å². The Morgan fingerprint density at radius 3 is 2.53 bits per heavy atom. The highest BCUT2D eigenvalue weighted by atomic mass is 35.5. The molecule has 1 amide bonds. The summed E-state index contributed by atoms with van der Waals surface area (Å²) in [5, 5.41) is 4.89. The Bertz CT molecular complexity index is 1060. The minimum Gasteiger partial charge on any atom is -0.355 e. The van der Waals surface area contributed by atoms with Gasteiger partial charge in [0.1, 0.15) is 11.6 Å². The van der Waals surface area contributed by atoms with Crippen LogP contribution < -0.4 is 10.2 Å². The van der Waals surface area contributed by atoms with E-state index in [-0.39, 0.29) is 11.9 Å². The van der Waals surface area contributed by atoms with Crippen molar-refractivity contribution in [1.82, 2.24) is 15.3 Å². The molecule has 1 aromatic heterocycles. The van der Waals surface area contributed by atoms with Crippen molar-refractivity contribution >= 4 is 45.8 Å². The number of nitrogens with zero attached hydrogens (tertiary/aromatic N) is 3. The van der Waals surface area contributed by atoms with Gasteiger partial charge in [-0.15, -0.1) is 0 Å². The summed E-state index contributed by atoms with van der Waals surface area (Å²) in [6.07, 6.45) is 2.79. The molecule has 0 bridgehead atoms. The highest BCUT2D eigenvalue weighted by molar-refractivity contribution is 6.38. The second-order valence-electron chi connectivity index (χ2n) is 7.95. The lowest BCUT2D eigenvalue weighted by molar-refractivity contribution is -0.121. The molecule has 1 unspecified atom stereocenters. The molecule has 0 fully saturated rings. The summed E-state index contributed by atoms with van der Waals surface area (Å²) in [6.45, 7) is 7.33. The van der Waals surface area contributed by atoms with Gasteiger partial charge in [0.25, 0.3) is 0 Å². The van der Waals surface area contributed by atoms with Crippen LogP contribution in [0.5, 0.6) is 0 Å². The van der Waals surface area contributed by atoms with E-state index in [1.165, 1.54) is 5.56 Å². The van der Waals surface area contributed by atoms with Crippen LogP contribution in [0.4, 0.5) is 5.82 Å². The third-order valence-corrected chi connectivity index (χ3v) is 6.01. The molecule has 0 saturated carbocycles. The van der Waals surface area contributed by atoms with Gasteiger partial charge in [0.15, 0.2) is 0 Å². The fraction of sp³-hybridized carbons (Fsp3) is 0.400. The van der Waals surface area contributed by atoms with E-state index >= 15 is 0 Å². The monoisotopic (exact) mass is 472 g/mol. The number of aryl methyl sites for hydroxylation is 1. The molecule has 3 aromatic rings. The van der Waals surface area contributed by atoms with E-state index in [0.717, 1.165) is 24.0 Å². The molecule has 0 saturated heterocycles. The molecule has 1 N–H and O–H groups in total. The molecular formula is C25H30Cl2N4O. The molecule has 1 atom stereocenters. The van der Waals surface area contributed by atoms with Crippen LogP contribution in [0.3, 0.4) is 0 Å². The van der Waals surface area contributed by atoms with Crippen molar-refractivity contribution in [2.45, 2.75) is 52.5 Å². The molecule has 7 heteroatoms. The molecule has 170 valence electrons. The maximum absolute atomic E-state index is 12.5. The van der Waals surface area contributed by atoms with E-state index < -0.39 is 0 Å². The largest absolute Gasteiger partial charge is 0.355 e. The standard InChI is InChI=1S/C25H30Cl2N4O/c1-4-17(3)28-23(32)12-14-31(13-11-18-9-7-6-8-10-18)25-20-15-19(26)16-21(27)24(20)29-22(5-2)30-25/h6-10,15-17H,4-5,11-14H2,1-3H3,(H,28,32). The molecule has 3 rings (SSSR count). The number of carbonyl (C=O) groups is 1. The lowest BCUT2D eigenvalue weighted by Crippen LogP contribution is -2.36. The number of fused-ring (bicyclic) bond motifs is 1. The predicted molar refractivity (Wildman–Crippen MR) is 134 cm³/mol. The molecule has 0 aliphatic rings. The number of hydrogen-bond donors (Lipinski definition) is 1. The zero-order chi connectivity index (χ0) is 23.1. The fourth-order valence-corrected chi connectivity index (χ4v) is 4.04. The first-order valence-corrected chi connectivity index (χ1v) is 11.9. The first-order valence-electron chi connectivity index (χ1n) is 11.1. The van der Waals surface area contributed by atoms with Crippen LogP contribution in [0, 0.1) is 0 Å². The highest BCUT2D eigenvalue weighted by Gasteiger charge is 2.18. The number of aromatic nitrogens is 2. The molecule has 1 heterocycles. The third kappa shape index (κ3) is 6.33. The SMILES string of the molecule is CCc1nc(N(CCC(=O)NC(C)CC)CCc2ccccc2)c2cc(Cl)cc(Cl)c2n1. The lowest BCUT2D eigenvalue weighted by Gasteiger charge is -2.26. The van der Waals surface area contributed by atoms with E-state index in [1.54, 1.807) is 6.07 Å². The quantitative estimate of drug-likeness (QED) is 0.401. The molecule has 0 aliphatic heterocycles. The van der Waals surface area contributed by atoms with Crippen molar-refractivity contribution < 1.29 is 4.79 Å². The normalized spacial score (nSPS) is 12.0. The average Bonchev–Trinajstić information content (AvgIpc) is 2.79. The highest BCUT2D eigenvalue weighted by Crippen LogP contribution is 2.32. The van der Waals surface area contributed by atoms with Crippen molar-refractivity contribution in [3.63, 3.8) is 0 Å². The lowest BCUT2D eigenvalue weighted by atomic mass is 10.1. The van der Waals surface area contributed by atoms with Crippen LogP contribution in [0.25, 0.3) is 10.9 Å². The molecule has 0 radical (unpaired) electrons. The van der Waals surface area contributed by atoms with E-state index in [0.29, 0.717) is 47.3 Å². The number of anilines is 1. The Hall–Kier alpha value is -2.37. The van der Waals surface area contributed by atoms with E-state index in [4.69, 9.17) is 28.2 Å². The number of amides is 1. The summed E-state index contributed by atoms with van der Waals surface area (Å²) in [5.74, 6) is 1.52. The molecule has 5 nitrogen and oxygen atoms in total. The maximum atomic E-state index is 12.5.